The minimum atomic E-state index is -0.0876. The molecule has 3 rings (SSSR count). The fraction of sp³-hybridized carbons (Fsp3) is 0.176. The van der Waals surface area contributed by atoms with Gasteiger partial charge < -0.3 is 0 Å². The predicted molar refractivity (Wildman–Crippen MR) is 103 cm³/mol. The second-order valence-corrected chi connectivity index (χ2v) is 7.36. The molecule has 0 aliphatic carbocycles. The third kappa shape index (κ3) is 4.06. The molecule has 0 aromatic heterocycles. The van der Waals surface area contributed by atoms with Gasteiger partial charge in [-0.25, -0.2) is 0 Å². The highest BCUT2D eigenvalue weighted by molar-refractivity contribution is 8.13. The van der Waals surface area contributed by atoms with E-state index >= 15 is 0 Å². The van der Waals surface area contributed by atoms with Gasteiger partial charge in [-0.05, 0) is 35.9 Å². The highest BCUT2D eigenvalue weighted by Crippen LogP contribution is 2.27. The van der Waals surface area contributed by atoms with Gasteiger partial charge in [-0.1, -0.05) is 58.7 Å². The highest BCUT2D eigenvalue weighted by atomic mass is 35.5. The number of thioether (sulfide) groups is 1. The maximum absolute atomic E-state index is 12.7. The van der Waals surface area contributed by atoms with Crippen LogP contribution in [0.5, 0.6) is 0 Å². The maximum Gasteiger partial charge on any atom is 0.259 e. The molecule has 0 spiro atoms. The Kier molecular flexibility index (Phi) is 5.72. The number of carbonyl (C=O) groups is 1. The SMILES string of the molecule is O=C(c1cccc(Cl)c1)N1CCN=C1SCc1ccc(Cl)c(Cl)c1. The van der Waals surface area contributed by atoms with Crippen LogP contribution in [0.3, 0.4) is 0 Å². The second-order valence-electron chi connectivity index (χ2n) is 5.17. The molecule has 2 aromatic carbocycles. The molecule has 24 heavy (non-hydrogen) atoms. The van der Waals surface area contributed by atoms with Crippen molar-refractivity contribution in [3.63, 3.8) is 0 Å². The van der Waals surface area contributed by atoms with E-state index in [0.29, 0.717) is 44.6 Å². The maximum atomic E-state index is 12.7. The lowest BCUT2D eigenvalue weighted by Crippen LogP contribution is -2.32. The van der Waals surface area contributed by atoms with Crippen molar-refractivity contribution in [3.05, 3.63) is 68.7 Å². The summed E-state index contributed by atoms with van der Waals surface area (Å²) in [5, 5.41) is 2.31. The van der Waals surface area contributed by atoms with E-state index in [4.69, 9.17) is 34.8 Å². The van der Waals surface area contributed by atoms with Crippen molar-refractivity contribution in [2.45, 2.75) is 5.75 Å². The lowest BCUT2D eigenvalue weighted by Gasteiger charge is -2.18. The summed E-state index contributed by atoms with van der Waals surface area (Å²) in [5.41, 5.74) is 1.59. The van der Waals surface area contributed by atoms with Gasteiger partial charge in [0.25, 0.3) is 5.91 Å². The average molecular weight is 400 g/mol. The Morgan fingerprint density at radius 3 is 2.71 bits per heavy atom. The van der Waals surface area contributed by atoms with Gasteiger partial charge in [0.2, 0.25) is 0 Å². The van der Waals surface area contributed by atoms with Crippen molar-refractivity contribution in [1.82, 2.24) is 4.90 Å². The van der Waals surface area contributed by atoms with Crippen LogP contribution in [0.15, 0.2) is 47.5 Å². The first-order valence-corrected chi connectivity index (χ1v) is 9.35. The van der Waals surface area contributed by atoms with Crippen molar-refractivity contribution in [2.75, 3.05) is 13.1 Å². The molecule has 0 saturated carbocycles. The van der Waals surface area contributed by atoms with Crippen LogP contribution < -0.4 is 0 Å². The van der Waals surface area contributed by atoms with Gasteiger partial charge >= 0.3 is 0 Å². The Morgan fingerprint density at radius 2 is 1.96 bits per heavy atom. The van der Waals surface area contributed by atoms with Gasteiger partial charge in [0.15, 0.2) is 5.17 Å². The summed E-state index contributed by atoms with van der Waals surface area (Å²) in [6.45, 7) is 1.19. The monoisotopic (exact) mass is 398 g/mol. The number of nitrogens with zero attached hydrogens (tertiary/aromatic N) is 2. The van der Waals surface area contributed by atoms with Crippen LogP contribution in [-0.4, -0.2) is 29.1 Å². The molecule has 0 fully saturated rings. The van der Waals surface area contributed by atoms with E-state index in [2.05, 4.69) is 4.99 Å². The van der Waals surface area contributed by atoms with Crippen LogP contribution in [0.25, 0.3) is 0 Å². The number of hydrogen-bond donors (Lipinski definition) is 0. The molecule has 1 aliphatic rings. The van der Waals surface area contributed by atoms with Crippen LogP contribution in [-0.2, 0) is 5.75 Å². The van der Waals surface area contributed by atoms with Gasteiger partial charge in [0, 0.05) is 22.9 Å². The molecule has 0 N–H and O–H groups in total. The molecule has 124 valence electrons. The number of hydrogen-bond acceptors (Lipinski definition) is 3. The van der Waals surface area contributed by atoms with Crippen molar-refractivity contribution < 1.29 is 4.79 Å². The smallest absolute Gasteiger partial charge is 0.259 e. The van der Waals surface area contributed by atoms with Crippen LogP contribution in [0.2, 0.25) is 15.1 Å². The topological polar surface area (TPSA) is 32.7 Å². The third-order valence-corrected chi connectivity index (χ3v) is 5.53. The first-order chi connectivity index (χ1) is 11.5. The van der Waals surface area contributed by atoms with Gasteiger partial charge in [-0.3, -0.25) is 14.7 Å². The van der Waals surface area contributed by atoms with Gasteiger partial charge in [0.05, 0.1) is 16.6 Å². The van der Waals surface area contributed by atoms with Crippen molar-refractivity contribution in [2.24, 2.45) is 4.99 Å². The highest BCUT2D eigenvalue weighted by Gasteiger charge is 2.25. The third-order valence-electron chi connectivity index (χ3n) is 3.47. The van der Waals surface area contributed by atoms with E-state index < -0.39 is 0 Å². The summed E-state index contributed by atoms with van der Waals surface area (Å²) in [5.74, 6) is 0.574. The molecular formula is C17H13Cl3N2OS. The fourth-order valence-electron chi connectivity index (χ4n) is 2.29. The Morgan fingerprint density at radius 1 is 1.12 bits per heavy atom. The number of amidine groups is 1. The normalized spacial score (nSPS) is 14.0. The summed E-state index contributed by atoms with van der Waals surface area (Å²) in [7, 11) is 0. The Bertz CT molecular complexity index is 810. The molecule has 0 radical (unpaired) electrons. The predicted octanol–water partition coefficient (Wildman–Crippen LogP) is 5.39. The van der Waals surface area contributed by atoms with Gasteiger partial charge in [0.1, 0.15) is 0 Å². The summed E-state index contributed by atoms with van der Waals surface area (Å²) in [6.07, 6.45) is 0. The van der Waals surface area contributed by atoms with E-state index in [1.165, 1.54) is 11.8 Å². The molecule has 0 unspecified atom stereocenters. The molecule has 2 aromatic rings. The Labute approximate surface area is 159 Å². The van der Waals surface area contributed by atoms with Gasteiger partial charge in [-0.15, -0.1) is 0 Å². The van der Waals surface area contributed by atoms with Crippen LogP contribution in [0, 0.1) is 0 Å². The zero-order chi connectivity index (χ0) is 17.1. The molecule has 0 atom stereocenters. The minimum Gasteiger partial charge on any atom is -0.286 e. The standard InChI is InChI=1S/C17H13Cl3N2OS/c18-13-3-1-2-12(9-13)16(23)22-7-6-21-17(22)24-10-11-4-5-14(19)15(20)8-11/h1-5,8-9H,6-7,10H2. The molecular weight excluding hydrogens is 387 g/mol. The molecule has 1 heterocycles. The van der Waals surface area contributed by atoms with Crippen molar-refractivity contribution in [3.8, 4) is 0 Å². The summed E-state index contributed by atoms with van der Waals surface area (Å²) in [6, 6.07) is 12.5. The van der Waals surface area contributed by atoms with Crippen molar-refractivity contribution in [1.29, 1.82) is 0 Å². The summed E-state index contributed by atoms with van der Waals surface area (Å²) in [4.78, 5) is 18.8. The van der Waals surface area contributed by atoms with E-state index in [1.54, 1.807) is 35.2 Å². The molecule has 3 nitrogen and oxygen atoms in total. The number of amides is 1. The number of halogens is 3. The molecule has 1 amide bonds. The minimum absolute atomic E-state index is 0.0876. The molecule has 7 heteroatoms. The zero-order valence-electron chi connectivity index (χ0n) is 12.5. The lowest BCUT2D eigenvalue weighted by molar-refractivity contribution is 0.0860. The van der Waals surface area contributed by atoms with E-state index in [9.17, 15) is 4.79 Å². The Hall–Kier alpha value is -1.20. The number of aliphatic imine (C=N–C) groups is 1. The largest absolute Gasteiger partial charge is 0.286 e. The van der Waals surface area contributed by atoms with E-state index in [-0.39, 0.29) is 5.91 Å². The Balaban J connectivity index is 1.69. The first-order valence-electron chi connectivity index (χ1n) is 7.23. The molecule has 1 aliphatic heterocycles. The van der Waals surface area contributed by atoms with Crippen molar-refractivity contribution >= 4 is 57.6 Å². The molecule has 0 bridgehead atoms. The fourth-order valence-corrected chi connectivity index (χ4v) is 3.79. The number of benzene rings is 2. The zero-order valence-corrected chi connectivity index (χ0v) is 15.6. The lowest BCUT2D eigenvalue weighted by atomic mass is 10.2. The van der Waals surface area contributed by atoms with E-state index in [1.807, 2.05) is 12.1 Å². The van der Waals surface area contributed by atoms with Crippen LogP contribution in [0.1, 0.15) is 15.9 Å². The van der Waals surface area contributed by atoms with Gasteiger partial charge in [-0.2, -0.15) is 0 Å². The quantitative estimate of drug-likeness (QED) is 0.693. The number of rotatable bonds is 3. The van der Waals surface area contributed by atoms with Crippen LogP contribution >= 0.6 is 46.6 Å². The van der Waals surface area contributed by atoms with Crippen LogP contribution in [0.4, 0.5) is 0 Å². The van der Waals surface area contributed by atoms with E-state index in [0.717, 1.165) is 5.56 Å². The summed E-state index contributed by atoms with van der Waals surface area (Å²) < 4.78 is 0. The summed E-state index contributed by atoms with van der Waals surface area (Å²) >= 11 is 19.4. The average Bonchev–Trinajstić information content (AvgIpc) is 3.04. The number of carbonyl (C=O) groups excluding carboxylic acids is 1. The first kappa shape index (κ1) is 17.6. The molecule has 0 saturated heterocycles. The second kappa shape index (κ2) is 7.79.